The highest BCUT2D eigenvalue weighted by Crippen LogP contribution is 2.28. The fraction of sp³-hybridized carbons (Fsp3) is 0.263. The summed E-state index contributed by atoms with van der Waals surface area (Å²) in [7, 11) is 0. The Balaban J connectivity index is 2.11. The van der Waals surface area contributed by atoms with Crippen LogP contribution in [0.1, 0.15) is 50.7 Å². The first-order valence-electron chi connectivity index (χ1n) is 8.28. The topological polar surface area (TPSA) is 112 Å². The zero-order chi connectivity index (χ0) is 20.8. The van der Waals surface area contributed by atoms with Gasteiger partial charge in [-0.05, 0) is 45.0 Å². The lowest BCUT2D eigenvalue weighted by molar-refractivity contribution is -0.119. The Kier molecular flexibility index (Phi) is 7.11. The third kappa shape index (κ3) is 5.07. The first kappa shape index (κ1) is 21.4. The number of carbonyl (C=O) groups excluding carboxylic acids is 4. The second-order valence-electron chi connectivity index (χ2n) is 5.65. The average molecular weight is 452 g/mol. The lowest BCUT2D eigenvalue weighted by Gasteiger charge is -2.07. The number of Topliss-reactive ketones (excluding diaryl/α,β-unsaturated/α-hetero) is 1. The lowest BCUT2D eigenvalue weighted by atomic mass is 10.1. The number of amides is 1. The molecule has 1 heterocycles. The Bertz CT molecular complexity index is 915. The van der Waals surface area contributed by atoms with Crippen molar-refractivity contribution in [2.75, 3.05) is 18.5 Å². The van der Waals surface area contributed by atoms with Crippen LogP contribution in [0.15, 0.2) is 33.2 Å². The van der Waals surface area contributed by atoms with Crippen molar-refractivity contribution >= 4 is 45.4 Å². The van der Waals surface area contributed by atoms with Gasteiger partial charge in [-0.1, -0.05) is 15.9 Å². The molecule has 1 N–H and O–H groups in total. The van der Waals surface area contributed by atoms with Crippen LogP contribution in [0.5, 0.6) is 0 Å². The summed E-state index contributed by atoms with van der Waals surface area (Å²) in [5.41, 5.74) is 0.135. The Morgan fingerprint density at radius 2 is 1.68 bits per heavy atom. The number of rotatable bonds is 7. The van der Waals surface area contributed by atoms with Crippen molar-refractivity contribution in [3.63, 3.8) is 0 Å². The zero-order valence-corrected chi connectivity index (χ0v) is 17.0. The number of ketones is 1. The molecule has 0 unspecified atom stereocenters. The minimum atomic E-state index is -0.799. The number of hydrogen-bond donors (Lipinski definition) is 1. The predicted octanol–water partition coefficient (Wildman–Crippen LogP) is 3.53. The maximum absolute atomic E-state index is 12.2. The van der Waals surface area contributed by atoms with Gasteiger partial charge in [0.1, 0.15) is 11.3 Å². The Labute approximate surface area is 169 Å². The van der Waals surface area contributed by atoms with Crippen molar-refractivity contribution in [1.29, 1.82) is 0 Å². The molecule has 0 aliphatic rings. The van der Waals surface area contributed by atoms with Crippen molar-refractivity contribution < 1.29 is 33.1 Å². The molecule has 1 aromatic heterocycles. The molecule has 2 aromatic rings. The van der Waals surface area contributed by atoms with Gasteiger partial charge >= 0.3 is 11.9 Å². The zero-order valence-electron chi connectivity index (χ0n) is 15.5. The molecule has 1 amide bonds. The molecule has 1 aromatic carbocycles. The van der Waals surface area contributed by atoms with Crippen LogP contribution in [0, 0.1) is 6.92 Å². The minimum absolute atomic E-state index is 0.0283. The molecular formula is C19H18BrNO7. The molecule has 0 atom stereocenters. The molecule has 8 nitrogen and oxygen atoms in total. The monoisotopic (exact) mass is 451 g/mol. The van der Waals surface area contributed by atoms with E-state index in [-0.39, 0.29) is 34.9 Å². The van der Waals surface area contributed by atoms with Gasteiger partial charge in [0.25, 0.3) is 5.91 Å². The van der Waals surface area contributed by atoms with E-state index in [1.165, 1.54) is 26.0 Å². The van der Waals surface area contributed by atoms with Gasteiger partial charge in [0.2, 0.25) is 5.88 Å². The summed E-state index contributed by atoms with van der Waals surface area (Å²) in [5, 5.41) is 2.34. The number of hydrogen-bond acceptors (Lipinski definition) is 7. The van der Waals surface area contributed by atoms with Gasteiger partial charge < -0.3 is 13.9 Å². The second kappa shape index (κ2) is 9.32. The number of carbonyl (C=O) groups is 4. The summed E-state index contributed by atoms with van der Waals surface area (Å²) in [4.78, 5) is 48.1. The average Bonchev–Trinajstić information content (AvgIpc) is 2.96. The smallest absolute Gasteiger partial charge is 0.344 e. The number of furan rings is 1. The number of ether oxygens (including phenoxy) is 2. The number of halogens is 1. The largest absolute Gasteiger partial charge is 0.462 e. The number of aryl methyl sites for hydroxylation is 1. The number of esters is 2. The molecule has 28 heavy (non-hydrogen) atoms. The van der Waals surface area contributed by atoms with Gasteiger partial charge in [0.15, 0.2) is 12.4 Å². The van der Waals surface area contributed by atoms with Crippen LogP contribution in [0.25, 0.3) is 0 Å². The molecule has 0 radical (unpaired) electrons. The fourth-order valence-electron chi connectivity index (χ4n) is 2.42. The highest BCUT2D eigenvalue weighted by atomic mass is 79.9. The normalized spacial score (nSPS) is 10.3. The van der Waals surface area contributed by atoms with Crippen molar-refractivity contribution in [2.24, 2.45) is 0 Å². The summed E-state index contributed by atoms with van der Waals surface area (Å²) in [5.74, 6) is -2.70. The second-order valence-corrected chi connectivity index (χ2v) is 6.56. The fourth-order valence-corrected chi connectivity index (χ4v) is 2.68. The van der Waals surface area contributed by atoms with Crippen LogP contribution in [-0.4, -0.2) is 36.8 Å². The van der Waals surface area contributed by atoms with Crippen LogP contribution in [0.2, 0.25) is 0 Å². The first-order chi connectivity index (χ1) is 13.2. The summed E-state index contributed by atoms with van der Waals surface area (Å²) in [6.07, 6.45) is 0. The van der Waals surface area contributed by atoms with E-state index >= 15 is 0 Å². The Morgan fingerprint density at radius 3 is 2.25 bits per heavy atom. The number of anilines is 1. The summed E-state index contributed by atoms with van der Waals surface area (Å²) < 4.78 is 16.0. The number of nitrogens with one attached hydrogen (secondary N) is 1. The van der Waals surface area contributed by atoms with E-state index in [0.29, 0.717) is 0 Å². The van der Waals surface area contributed by atoms with E-state index in [9.17, 15) is 19.2 Å². The predicted molar refractivity (Wildman–Crippen MR) is 102 cm³/mol. The van der Waals surface area contributed by atoms with E-state index in [0.717, 1.165) is 4.47 Å². The lowest BCUT2D eigenvalue weighted by Crippen LogP contribution is -2.22. The summed E-state index contributed by atoms with van der Waals surface area (Å²) >= 11 is 3.25. The standard InChI is InChI=1S/C19H18BrNO7/c1-4-26-19(25)16-15(10(2)22)11(3)28-17(16)21-14(23)9-27-18(24)12-5-7-13(20)8-6-12/h5-8H,4,9H2,1-3H3,(H,21,23). The molecule has 148 valence electrons. The van der Waals surface area contributed by atoms with Crippen LogP contribution in [0.4, 0.5) is 5.88 Å². The third-order valence-electron chi connectivity index (χ3n) is 3.58. The van der Waals surface area contributed by atoms with E-state index in [2.05, 4.69) is 21.2 Å². The quantitative estimate of drug-likeness (QED) is 0.505. The molecular weight excluding hydrogens is 434 g/mol. The van der Waals surface area contributed by atoms with Crippen LogP contribution in [-0.2, 0) is 14.3 Å². The van der Waals surface area contributed by atoms with Gasteiger partial charge in [-0.25, -0.2) is 9.59 Å². The summed E-state index contributed by atoms with van der Waals surface area (Å²) in [6, 6.07) is 6.41. The maximum Gasteiger partial charge on any atom is 0.344 e. The van der Waals surface area contributed by atoms with Gasteiger partial charge in [0, 0.05) is 4.47 Å². The Morgan fingerprint density at radius 1 is 1.04 bits per heavy atom. The highest BCUT2D eigenvalue weighted by Gasteiger charge is 2.28. The van der Waals surface area contributed by atoms with Crippen molar-refractivity contribution in [3.05, 3.63) is 51.2 Å². The molecule has 0 aliphatic carbocycles. The van der Waals surface area contributed by atoms with Crippen molar-refractivity contribution in [3.8, 4) is 0 Å². The van der Waals surface area contributed by atoms with Crippen LogP contribution in [0.3, 0.4) is 0 Å². The van der Waals surface area contributed by atoms with E-state index in [1.807, 2.05) is 0 Å². The highest BCUT2D eigenvalue weighted by molar-refractivity contribution is 9.10. The minimum Gasteiger partial charge on any atom is -0.462 e. The van der Waals surface area contributed by atoms with Gasteiger partial charge in [-0.3, -0.25) is 14.9 Å². The molecule has 0 bridgehead atoms. The molecule has 0 aliphatic heterocycles. The summed E-state index contributed by atoms with van der Waals surface area (Å²) in [6.45, 7) is 3.85. The molecule has 9 heteroatoms. The third-order valence-corrected chi connectivity index (χ3v) is 4.11. The van der Waals surface area contributed by atoms with Crippen molar-refractivity contribution in [2.45, 2.75) is 20.8 Å². The molecule has 0 saturated heterocycles. The molecule has 0 fully saturated rings. The number of benzene rings is 1. The van der Waals surface area contributed by atoms with E-state index in [4.69, 9.17) is 13.9 Å². The molecule has 2 rings (SSSR count). The Hall–Kier alpha value is -2.94. The van der Waals surface area contributed by atoms with Crippen molar-refractivity contribution in [1.82, 2.24) is 0 Å². The van der Waals surface area contributed by atoms with Crippen LogP contribution < -0.4 is 5.32 Å². The van der Waals surface area contributed by atoms with Gasteiger partial charge in [0.05, 0.1) is 17.7 Å². The molecule has 0 spiro atoms. The van der Waals surface area contributed by atoms with Gasteiger partial charge in [-0.15, -0.1) is 0 Å². The maximum atomic E-state index is 12.2. The first-order valence-corrected chi connectivity index (χ1v) is 9.07. The van der Waals surface area contributed by atoms with E-state index < -0.39 is 30.2 Å². The SMILES string of the molecule is CCOC(=O)c1c(NC(=O)COC(=O)c2ccc(Br)cc2)oc(C)c1C(C)=O. The molecule has 0 saturated carbocycles. The van der Waals surface area contributed by atoms with E-state index in [1.54, 1.807) is 19.1 Å². The van der Waals surface area contributed by atoms with Gasteiger partial charge in [-0.2, -0.15) is 0 Å². The van der Waals surface area contributed by atoms with Crippen LogP contribution >= 0.6 is 15.9 Å².